The van der Waals surface area contributed by atoms with Crippen LogP contribution < -0.4 is 0 Å². The van der Waals surface area contributed by atoms with Crippen LogP contribution in [0.5, 0.6) is 0 Å². The molecular weight excluding hydrogens is 181 g/mol. The smallest absolute Gasteiger partial charge is 0.329 e. The maximum Gasteiger partial charge on any atom is 0.329 e. The molecule has 2 atom stereocenters. The summed E-state index contributed by atoms with van der Waals surface area (Å²) < 4.78 is 5.09. The number of esters is 1. The molecule has 0 aromatic carbocycles. The summed E-state index contributed by atoms with van der Waals surface area (Å²) in [5.41, 5.74) is -1.14. The normalized spacial score (nSPS) is 36.9. The number of cyclic esters (lactones) is 1. The molecule has 0 unspecified atom stereocenters. The Balaban J connectivity index is 2.29. The summed E-state index contributed by atoms with van der Waals surface area (Å²) in [5, 5.41) is 0. The van der Waals surface area contributed by atoms with Crippen LogP contribution >= 0.6 is 0 Å². The maximum atomic E-state index is 11.9. The molecule has 2 fully saturated rings. The van der Waals surface area contributed by atoms with Crippen molar-refractivity contribution in [3.8, 4) is 0 Å². The van der Waals surface area contributed by atoms with Gasteiger partial charge in [-0.3, -0.25) is 4.79 Å². The first-order chi connectivity index (χ1) is 6.58. The van der Waals surface area contributed by atoms with E-state index in [0.29, 0.717) is 13.0 Å². The SMILES string of the molecule is [B]C[C@@]1(C)OC(=O)[C@@H]2CCCN2C1=O. The van der Waals surface area contributed by atoms with Crippen molar-refractivity contribution in [3.05, 3.63) is 0 Å². The van der Waals surface area contributed by atoms with E-state index in [1.807, 2.05) is 0 Å². The van der Waals surface area contributed by atoms with Crippen molar-refractivity contribution in [2.45, 2.75) is 37.7 Å². The number of carbonyl (C=O) groups is 2. The predicted molar refractivity (Wildman–Crippen MR) is 49.8 cm³/mol. The number of morpholine rings is 1. The molecule has 0 aromatic heterocycles. The Morgan fingerprint density at radius 1 is 1.64 bits per heavy atom. The Bertz CT molecular complexity index is 294. The van der Waals surface area contributed by atoms with Gasteiger partial charge in [0.2, 0.25) is 0 Å². The third-order valence-corrected chi connectivity index (χ3v) is 2.95. The van der Waals surface area contributed by atoms with E-state index in [9.17, 15) is 9.59 Å². The average molecular weight is 193 g/mol. The summed E-state index contributed by atoms with van der Waals surface area (Å²) in [6, 6.07) is -0.359. The van der Waals surface area contributed by atoms with Crippen molar-refractivity contribution >= 4 is 19.7 Å². The zero-order valence-electron chi connectivity index (χ0n) is 8.16. The second-order valence-corrected chi connectivity index (χ2v) is 4.01. The van der Waals surface area contributed by atoms with Crippen molar-refractivity contribution in [1.82, 2.24) is 4.90 Å². The molecule has 2 aliphatic rings. The van der Waals surface area contributed by atoms with Crippen molar-refractivity contribution in [2.75, 3.05) is 6.54 Å². The van der Waals surface area contributed by atoms with Crippen molar-refractivity contribution in [1.29, 1.82) is 0 Å². The zero-order valence-corrected chi connectivity index (χ0v) is 8.16. The highest BCUT2D eigenvalue weighted by Crippen LogP contribution is 2.31. The van der Waals surface area contributed by atoms with E-state index in [1.54, 1.807) is 11.8 Å². The van der Waals surface area contributed by atoms with Gasteiger partial charge in [-0.2, -0.15) is 0 Å². The Kier molecular flexibility index (Phi) is 2.05. The fraction of sp³-hybridized carbons (Fsp3) is 0.778. The van der Waals surface area contributed by atoms with Crippen LogP contribution in [-0.4, -0.2) is 42.8 Å². The van der Waals surface area contributed by atoms with Crippen LogP contribution in [0.1, 0.15) is 19.8 Å². The van der Waals surface area contributed by atoms with Gasteiger partial charge in [-0.25, -0.2) is 4.79 Å². The van der Waals surface area contributed by atoms with E-state index in [0.717, 1.165) is 6.42 Å². The molecule has 74 valence electrons. The van der Waals surface area contributed by atoms with Gasteiger partial charge >= 0.3 is 5.97 Å². The van der Waals surface area contributed by atoms with Gasteiger partial charge in [-0.05, 0) is 26.1 Å². The third kappa shape index (κ3) is 1.15. The third-order valence-electron chi connectivity index (χ3n) is 2.95. The van der Waals surface area contributed by atoms with Crippen LogP contribution in [0, 0.1) is 0 Å². The first-order valence-electron chi connectivity index (χ1n) is 4.82. The number of nitrogens with zero attached hydrogens (tertiary/aromatic N) is 1. The summed E-state index contributed by atoms with van der Waals surface area (Å²) in [4.78, 5) is 25.0. The summed E-state index contributed by atoms with van der Waals surface area (Å²) in [6.07, 6.45) is 1.62. The molecule has 2 rings (SSSR count). The minimum Gasteiger partial charge on any atom is -0.449 e. The monoisotopic (exact) mass is 193 g/mol. The Morgan fingerprint density at radius 3 is 3.00 bits per heavy atom. The molecule has 4 nitrogen and oxygen atoms in total. The highest BCUT2D eigenvalue weighted by Gasteiger charge is 2.50. The van der Waals surface area contributed by atoms with Gasteiger partial charge in [0.25, 0.3) is 5.91 Å². The van der Waals surface area contributed by atoms with Crippen LogP contribution in [0.4, 0.5) is 0 Å². The quantitative estimate of drug-likeness (QED) is 0.430. The fourth-order valence-corrected chi connectivity index (χ4v) is 2.02. The zero-order chi connectivity index (χ0) is 10.3. The van der Waals surface area contributed by atoms with Gasteiger partial charge in [0, 0.05) is 6.54 Å². The molecule has 2 saturated heterocycles. The molecule has 2 radical (unpaired) electrons. The lowest BCUT2D eigenvalue weighted by atomic mass is 9.85. The number of fused-ring (bicyclic) bond motifs is 1. The van der Waals surface area contributed by atoms with E-state index in [1.165, 1.54) is 0 Å². The molecule has 2 aliphatic heterocycles. The molecular formula is C9H12BNO3. The summed E-state index contributed by atoms with van der Waals surface area (Å²) in [7, 11) is 5.45. The molecule has 0 N–H and O–H groups in total. The number of amides is 1. The highest BCUT2D eigenvalue weighted by molar-refractivity contribution is 6.13. The molecule has 0 spiro atoms. The molecule has 14 heavy (non-hydrogen) atoms. The number of ether oxygens (including phenoxy) is 1. The average Bonchev–Trinajstić information content (AvgIpc) is 2.63. The number of hydrogen-bond acceptors (Lipinski definition) is 3. The molecule has 0 bridgehead atoms. The van der Waals surface area contributed by atoms with Crippen molar-refractivity contribution in [2.24, 2.45) is 0 Å². The Labute approximate surface area is 84.0 Å². The van der Waals surface area contributed by atoms with Gasteiger partial charge in [-0.15, -0.1) is 0 Å². The number of carbonyl (C=O) groups excluding carboxylic acids is 2. The first-order valence-corrected chi connectivity index (χ1v) is 4.82. The van der Waals surface area contributed by atoms with Crippen LogP contribution in [0.15, 0.2) is 0 Å². The van der Waals surface area contributed by atoms with Crippen molar-refractivity contribution < 1.29 is 14.3 Å². The van der Waals surface area contributed by atoms with Gasteiger partial charge < -0.3 is 9.64 Å². The van der Waals surface area contributed by atoms with Crippen LogP contribution in [-0.2, 0) is 14.3 Å². The molecule has 0 aliphatic carbocycles. The lowest BCUT2D eigenvalue weighted by Gasteiger charge is -2.39. The predicted octanol–water partition coefficient (Wildman–Crippen LogP) is -0.120. The van der Waals surface area contributed by atoms with E-state index in [2.05, 4.69) is 0 Å². The molecule has 1 amide bonds. The first kappa shape index (κ1) is 9.56. The maximum absolute atomic E-state index is 11.9. The lowest BCUT2D eigenvalue weighted by molar-refractivity contribution is -0.186. The number of hydrogen-bond donors (Lipinski definition) is 0. The van der Waals surface area contributed by atoms with Gasteiger partial charge in [-0.1, -0.05) is 0 Å². The molecule has 0 saturated carbocycles. The number of rotatable bonds is 1. The largest absolute Gasteiger partial charge is 0.449 e. The van der Waals surface area contributed by atoms with E-state index < -0.39 is 5.60 Å². The van der Waals surface area contributed by atoms with Crippen LogP contribution in [0.3, 0.4) is 0 Å². The molecule has 0 aromatic rings. The standard InChI is InChI=1S/C9H12BNO3/c1-9(5-10)8(13)11-4-2-3-6(11)7(12)14-9/h6H,2-5H2,1H3/t6-,9+/m0/s1. The lowest BCUT2D eigenvalue weighted by Crippen LogP contribution is -2.59. The van der Waals surface area contributed by atoms with E-state index in [-0.39, 0.29) is 24.2 Å². The Morgan fingerprint density at radius 2 is 2.36 bits per heavy atom. The Hall–Kier alpha value is -0.995. The topological polar surface area (TPSA) is 46.6 Å². The summed E-state index contributed by atoms with van der Waals surface area (Å²) >= 11 is 0. The van der Waals surface area contributed by atoms with Gasteiger partial charge in [0.15, 0.2) is 5.60 Å². The minimum atomic E-state index is -1.14. The van der Waals surface area contributed by atoms with Crippen molar-refractivity contribution in [3.63, 3.8) is 0 Å². The second kappa shape index (κ2) is 3.00. The van der Waals surface area contributed by atoms with Gasteiger partial charge in [0.1, 0.15) is 6.04 Å². The van der Waals surface area contributed by atoms with Crippen LogP contribution in [0.25, 0.3) is 0 Å². The second-order valence-electron chi connectivity index (χ2n) is 4.01. The summed E-state index contributed by atoms with van der Waals surface area (Å²) in [6.45, 7) is 2.22. The fourth-order valence-electron chi connectivity index (χ4n) is 2.02. The summed E-state index contributed by atoms with van der Waals surface area (Å²) in [5.74, 6) is -0.461. The van der Waals surface area contributed by atoms with Gasteiger partial charge in [0.05, 0.1) is 7.85 Å². The van der Waals surface area contributed by atoms with E-state index in [4.69, 9.17) is 12.6 Å². The molecule has 2 heterocycles. The highest BCUT2D eigenvalue weighted by atomic mass is 16.6. The van der Waals surface area contributed by atoms with Crippen LogP contribution in [0.2, 0.25) is 6.32 Å². The molecule has 5 heteroatoms. The van der Waals surface area contributed by atoms with E-state index >= 15 is 0 Å². The minimum absolute atomic E-state index is 0.0425.